The zero-order valence-electron chi connectivity index (χ0n) is 15.3. The molecule has 27 heavy (non-hydrogen) atoms. The number of hydrogen-bond acceptors (Lipinski definition) is 5. The second-order valence-electron chi connectivity index (χ2n) is 6.78. The van der Waals surface area contributed by atoms with Crippen LogP contribution in [0.5, 0.6) is 5.88 Å². The Morgan fingerprint density at radius 2 is 1.93 bits per heavy atom. The Morgan fingerprint density at radius 3 is 2.48 bits per heavy atom. The highest BCUT2D eigenvalue weighted by Gasteiger charge is 2.42. The third-order valence-corrected chi connectivity index (χ3v) is 4.97. The van der Waals surface area contributed by atoms with Crippen LogP contribution in [0.4, 0.5) is 11.4 Å². The summed E-state index contributed by atoms with van der Waals surface area (Å²) in [5.74, 6) is 0.429. The van der Waals surface area contributed by atoms with E-state index in [9.17, 15) is 14.9 Å². The fraction of sp³-hybridized carbons (Fsp3) is 0.400. The van der Waals surface area contributed by atoms with Gasteiger partial charge in [-0.25, -0.2) is 4.98 Å². The maximum atomic E-state index is 13.1. The SMILES string of the molecule is CCCOc1ccc(NC(=O)C2(c3ccc([N+](=O)[O-])cc3)CCCC2)cn1. The Kier molecular flexibility index (Phi) is 5.69. The lowest BCUT2D eigenvalue weighted by Gasteiger charge is -2.28. The van der Waals surface area contributed by atoms with Crippen LogP contribution in [0.3, 0.4) is 0 Å². The predicted octanol–water partition coefficient (Wildman–Crippen LogP) is 4.23. The van der Waals surface area contributed by atoms with Gasteiger partial charge in [-0.15, -0.1) is 0 Å². The topological polar surface area (TPSA) is 94.4 Å². The van der Waals surface area contributed by atoms with Crippen molar-refractivity contribution in [2.45, 2.75) is 44.4 Å². The zero-order chi connectivity index (χ0) is 19.3. The van der Waals surface area contributed by atoms with Crippen molar-refractivity contribution in [1.29, 1.82) is 0 Å². The number of hydrogen-bond donors (Lipinski definition) is 1. The smallest absolute Gasteiger partial charge is 0.269 e. The number of pyridine rings is 1. The van der Waals surface area contributed by atoms with Gasteiger partial charge in [0, 0.05) is 18.2 Å². The number of aromatic nitrogens is 1. The van der Waals surface area contributed by atoms with E-state index in [1.807, 2.05) is 6.92 Å². The van der Waals surface area contributed by atoms with Gasteiger partial charge in [-0.2, -0.15) is 0 Å². The van der Waals surface area contributed by atoms with Crippen LogP contribution in [0.2, 0.25) is 0 Å². The summed E-state index contributed by atoms with van der Waals surface area (Å²) < 4.78 is 5.46. The Hall–Kier alpha value is -2.96. The average molecular weight is 369 g/mol. The molecule has 1 amide bonds. The number of nitrogens with zero attached hydrogens (tertiary/aromatic N) is 2. The first-order valence-electron chi connectivity index (χ1n) is 9.20. The standard InChI is InChI=1S/C20H23N3O4/c1-2-13-27-18-10-7-16(14-21-18)22-19(24)20(11-3-4-12-20)15-5-8-17(9-6-15)23(25)26/h5-10,14H,2-4,11-13H2,1H3,(H,22,24). The van der Waals surface area contributed by atoms with E-state index in [4.69, 9.17) is 4.74 Å². The highest BCUT2D eigenvalue weighted by molar-refractivity contribution is 5.99. The number of nitro groups is 1. The Balaban J connectivity index is 1.78. The molecule has 2 aromatic rings. The van der Waals surface area contributed by atoms with E-state index in [-0.39, 0.29) is 11.6 Å². The van der Waals surface area contributed by atoms with Gasteiger partial charge in [-0.05, 0) is 30.9 Å². The van der Waals surface area contributed by atoms with Crippen molar-refractivity contribution in [1.82, 2.24) is 4.98 Å². The van der Waals surface area contributed by atoms with Crippen molar-refractivity contribution in [3.05, 3.63) is 58.3 Å². The van der Waals surface area contributed by atoms with Gasteiger partial charge in [0.25, 0.3) is 5.69 Å². The van der Waals surface area contributed by atoms with Crippen molar-refractivity contribution >= 4 is 17.3 Å². The second kappa shape index (κ2) is 8.16. The minimum absolute atomic E-state index is 0.0270. The molecule has 1 aromatic carbocycles. The number of benzene rings is 1. The number of non-ortho nitro benzene ring substituents is 1. The van der Waals surface area contributed by atoms with E-state index in [1.54, 1.807) is 30.5 Å². The van der Waals surface area contributed by atoms with E-state index in [2.05, 4.69) is 10.3 Å². The Labute approximate surface area is 157 Å². The summed E-state index contributed by atoms with van der Waals surface area (Å²) >= 11 is 0. The molecule has 0 radical (unpaired) electrons. The molecule has 1 fully saturated rings. The van der Waals surface area contributed by atoms with Gasteiger partial charge in [-0.1, -0.05) is 31.9 Å². The number of nitrogens with one attached hydrogen (secondary N) is 1. The van der Waals surface area contributed by atoms with Crippen molar-refractivity contribution in [3.8, 4) is 5.88 Å². The quantitative estimate of drug-likeness (QED) is 0.582. The van der Waals surface area contributed by atoms with E-state index in [1.165, 1.54) is 12.1 Å². The molecule has 1 aromatic heterocycles. The predicted molar refractivity (Wildman–Crippen MR) is 102 cm³/mol. The average Bonchev–Trinajstić information content (AvgIpc) is 3.19. The lowest BCUT2D eigenvalue weighted by molar-refractivity contribution is -0.384. The maximum Gasteiger partial charge on any atom is 0.269 e. The summed E-state index contributed by atoms with van der Waals surface area (Å²) in [6, 6.07) is 9.83. The lowest BCUT2D eigenvalue weighted by atomic mass is 9.78. The molecule has 1 heterocycles. The van der Waals surface area contributed by atoms with Gasteiger partial charge in [0.15, 0.2) is 0 Å². The zero-order valence-corrected chi connectivity index (χ0v) is 15.3. The normalized spacial score (nSPS) is 15.3. The number of amides is 1. The number of nitro benzene ring substituents is 1. The molecule has 0 saturated heterocycles. The van der Waals surface area contributed by atoms with E-state index < -0.39 is 10.3 Å². The van der Waals surface area contributed by atoms with Crippen LogP contribution in [0.25, 0.3) is 0 Å². The number of carbonyl (C=O) groups excluding carboxylic acids is 1. The number of rotatable bonds is 7. The first-order valence-corrected chi connectivity index (χ1v) is 9.20. The van der Waals surface area contributed by atoms with E-state index >= 15 is 0 Å². The van der Waals surface area contributed by atoms with Gasteiger partial charge in [0.2, 0.25) is 11.8 Å². The van der Waals surface area contributed by atoms with Crippen LogP contribution < -0.4 is 10.1 Å². The molecule has 142 valence electrons. The molecule has 1 aliphatic carbocycles. The molecule has 0 unspecified atom stereocenters. The molecule has 0 aliphatic heterocycles. The first-order chi connectivity index (χ1) is 13.0. The molecule has 3 rings (SSSR count). The van der Waals surface area contributed by atoms with Gasteiger partial charge < -0.3 is 10.1 Å². The molecular weight excluding hydrogens is 346 g/mol. The second-order valence-corrected chi connectivity index (χ2v) is 6.78. The highest BCUT2D eigenvalue weighted by atomic mass is 16.6. The third-order valence-electron chi connectivity index (χ3n) is 4.97. The first kappa shape index (κ1) is 18.8. The monoisotopic (exact) mass is 369 g/mol. The molecule has 7 heteroatoms. The molecule has 1 aliphatic rings. The Morgan fingerprint density at radius 1 is 1.22 bits per heavy atom. The van der Waals surface area contributed by atoms with Crippen LogP contribution in [-0.2, 0) is 10.2 Å². The number of anilines is 1. The summed E-state index contributed by atoms with van der Waals surface area (Å²) in [5, 5.41) is 13.8. The molecule has 1 saturated carbocycles. The molecule has 0 bridgehead atoms. The minimum atomic E-state index is -0.660. The van der Waals surface area contributed by atoms with Gasteiger partial charge in [0.1, 0.15) is 0 Å². The van der Waals surface area contributed by atoms with Crippen LogP contribution in [0.15, 0.2) is 42.6 Å². The number of ether oxygens (including phenoxy) is 1. The summed E-state index contributed by atoms with van der Waals surface area (Å²) in [7, 11) is 0. The molecule has 0 spiro atoms. The summed E-state index contributed by atoms with van der Waals surface area (Å²) in [6.07, 6.45) is 5.84. The van der Waals surface area contributed by atoms with Crippen LogP contribution in [0, 0.1) is 10.1 Å². The molecule has 7 nitrogen and oxygen atoms in total. The maximum absolute atomic E-state index is 13.1. The van der Waals surface area contributed by atoms with Crippen LogP contribution >= 0.6 is 0 Å². The van der Waals surface area contributed by atoms with Crippen molar-refractivity contribution in [3.63, 3.8) is 0 Å². The molecular formula is C20H23N3O4. The van der Waals surface area contributed by atoms with Gasteiger partial charge in [0.05, 0.1) is 28.8 Å². The molecule has 0 atom stereocenters. The highest BCUT2D eigenvalue weighted by Crippen LogP contribution is 2.42. The Bertz CT molecular complexity index is 797. The number of carbonyl (C=O) groups is 1. The van der Waals surface area contributed by atoms with Gasteiger partial charge in [-0.3, -0.25) is 14.9 Å². The van der Waals surface area contributed by atoms with Crippen LogP contribution in [0.1, 0.15) is 44.6 Å². The van der Waals surface area contributed by atoms with E-state index in [0.29, 0.717) is 18.2 Å². The summed E-state index contributed by atoms with van der Waals surface area (Å²) in [6.45, 7) is 2.62. The van der Waals surface area contributed by atoms with Gasteiger partial charge >= 0.3 is 0 Å². The fourth-order valence-corrected chi connectivity index (χ4v) is 3.52. The fourth-order valence-electron chi connectivity index (χ4n) is 3.52. The third kappa shape index (κ3) is 4.07. The largest absolute Gasteiger partial charge is 0.478 e. The van der Waals surface area contributed by atoms with Crippen LogP contribution in [-0.4, -0.2) is 22.4 Å². The summed E-state index contributed by atoms with van der Waals surface area (Å²) in [4.78, 5) is 27.8. The lowest BCUT2D eigenvalue weighted by Crippen LogP contribution is -2.38. The van der Waals surface area contributed by atoms with Crippen molar-refractivity contribution in [2.24, 2.45) is 0 Å². The van der Waals surface area contributed by atoms with Crippen molar-refractivity contribution < 1.29 is 14.5 Å². The van der Waals surface area contributed by atoms with Crippen molar-refractivity contribution in [2.75, 3.05) is 11.9 Å². The minimum Gasteiger partial charge on any atom is -0.478 e. The van der Waals surface area contributed by atoms with E-state index in [0.717, 1.165) is 37.7 Å². The molecule has 1 N–H and O–H groups in total. The summed E-state index contributed by atoms with van der Waals surface area (Å²) in [5.41, 5.74) is 0.794.